The Morgan fingerprint density at radius 3 is 2.30 bits per heavy atom. The summed E-state index contributed by atoms with van der Waals surface area (Å²) in [5.41, 5.74) is 10.9. The number of rotatable bonds is 8. The molecule has 0 saturated heterocycles. The number of nitrogens with two attached hydrogens (primary N) is 1. The van der Waals surface area contributed by atoms with Gasteiger partial charge in [-0.1, -0.05) is 30.3 Å². The first kappa shape index (κ1) is 22.5. The molecule has 0 spiro atoms. The van der Waals surface area contributed by atoms with Crippen LogP contribution in [-0.4, -0.2) is 31.1 Å². The minimum absolute atomic E-state index is 0.0514. The molecule has 0 heterocycles. The Morgan fingerprint density at radius 2 is 1.70 bits per heavy atom. The number of carbonyl (C=O) groups excluding carboxylic acids is 3. The van der Waals surface area contributed by atoms with Crippen molar-refractivity contribution in [2.75, 3.05) is 7.11 Å². The van der Waals surface area contributed by atoms with Gasteiger partial charge in [0.15, 0.2) is 11.5 Å². The van der Waals surface area contributed by atoms with Gasteiger partial charge in [-0.2, -0.15) is 0 Å². The maximum atomic E-state index is 12.4. The standard InChI is InChI=1S/C21H26N4O5/c1-13(2)30-17-10-9-15(11-18(17)29-3)20(27)25-24-19(26)12-16(23-21(22)28)14-7-5-4-6-8-14/h4-11,13,16H,12H2,1-3H3,(H,24,26)(H,25,27)(H3,22,23,28). The van der Waals surface area contributed by atoms with Gasteiger partial charge in [-0.05, 0) is 37.6 Å². The first-order valence-corrected chi connectivity index (χ1v) is 9.35. The quantitative estimate of drug-likeness (QED) is 0.491. The van der Waals surface area contributed by atoms with E-state index in [1.165, 1.54) is 13.2 Å². The Balaban J connectivity index is 1.99. The fourth-order valence-corrected chi connectivity index (χ4v) is 2.70. The van der Waals surface area contributed by atoms with Crippen LogP contribution in [0.15, 0.2) is 48.5 Å². The fourth-order valence-electron chi connectivity index (χ4n) is 2.70. The van der Waals surface area contributed by atoms with E-state index in [2.05, 4.69) is 16.2 Å². The van der Waals surface area contributed by atoms with Crippen LogP contribution in [0.3, 0.4) is 0 Å². The summed E-state index contributed by atoms with van der Waals surface area (Å²) in [6.45, 7) is 3.76. The summed E-state index contributed by atoms with van der Waals surface area (Å²) in [6.07, 6.45) is -0.165. The molecule has 9 heteroatoms. The third-order valence-electron chi connectivity index (χ3n) is 4.01. The molecule has 0 aliphatic heterocycles. The largest absolute Gasteiger partial charge is 0.493 e. The van der Waals surface area contributed by atoms with Gasteiger partial charge in [0, 0.05) is 5.56 Å². The van der Waals surface area contributed by atoms with Crippen molar-refractivity contribution in [1.29, 1.82) is 0 Å². The average molecular weight is 414 g/mol. The monoisotopic (exact) mass is 414 g/mol. The molecule has 4 amide bonds. The molecular weight excluding hydrogens is 388 g/mol. The molecule has 0 bridgehead atoms. The Morgan fingerprint density at radius 1 is 1.00 bits per heavy atom. The lowest BCUT2D eigenvalue weighted by molar-refractivity contribution is -0.122. The summed E-state index contributed by atoms with van der Waals surface area (Å²) in [5, 5.41) is 2.52. The summed E-state index contributed by atoms with van der Waals surface area (Å²) in [5.74, 6) is -0.122. The number of primary amides is 1. The van der Waals surface area contributed by atoms with E-state index in [-0.39, 0.29) is 18.1 Å². The van der Waals surface area contributed by atoms with Crippen LogP contribution in [0.4, 0.5) is 4.79 Å². The SMILES string of the molecule is COc1cc(C(=O)NNC(=O)CC(NC(N)=O)c2ccccc2)ccc1OC(C)C. The summed E-state index contributed by atoms with van der Waals surface area (Å²) >= 11 is 0. The average Bonchev–Trinajstić information content (AvgIpc) is 2.71. The molecule has 30 heavy (non-hydrogen) atoms. The maximum absolute atomic E-state index is 12.4. The van der Waals surface area contributed by atoms with Gasteiger partial charge in [-0.25, -0.2) is 4.79 Å². The number of hydrogen-bond acceptors (Lipinski definition) is 5. The lowest BCUT2D eigenvalue weighted by Crippen LogP contribution is -2.44. The first-order valence-electron chi connectivity index (χ1n) is 9.35. The highest BCUT2D eigenvalue weighted by Gasteiger charge is 2.18. The van der Waals surface area contributed by atoms with Crippen molar-refractivity contribution in [2.45, 2.75) is 32.4 Å². The van der Waals surface area contributed by atoms with Crippen LogP contribution in [0.1, 0.15) is 42.2 Å². The van der Waals surface area contributed by atoms with Crippen molar-refractivity contribution in [1.82, 2.24) is 16.2 Å². The van der Waals surface area contributed by atoms with E-state index in [1.807, 2.05) is 19.9 Å². The molecular formula is C21H26N4O5. The fraction of sp³-hybridized carbons (Fsp3) is 0.286. The van der Waals surface area contributed by atoms with Crippen LogP contribution >= 0.6 is 0 Å². The van der Waals surface area contributed by atoms with Crippen molar-refractivity contribution in [3.05, 3.63) is 59.7 Å². The van der Waals surface area contributed by atoms with Crippen molar-refractivity contribution >= 4 is 17.8 Å². The van der Waals surface area contributed by atoms with Crippen molar-refractivity contribution in [3.63, 3.8) is 0 Å². The summed E-state index contributed by atoms with van der Waals surface area (Å²) in [7, 11) is 1.47. The van der Waals surface area contributed by atoms with E-state index in [0.717, 1.165) is 0 Å². The molecule has 160 valence electrons. The number of urea groups is 1. The van der Waals surface area contributed by atoms with E-state index in [9.17, 15) is 14.4 Å². The van der Waals surface area contributed by atoms with Crippen molar-refractivity contribution in [3.8, 4) is 11.5 Å². The zero-order valence-corrected chi connectivity index (χ0v) is 17.1. The molecule has 2 aromatic rings. The smallest absolute Gasteiger partial charge is 0.312 e. The first-order chi connectivity index (χ1) is 14.3. The predicted molar refractivity (Wildman–Crippen MR) is 111 cm³/mol. The summed E-state index contributed by atoms with van der Waals surface area (Å²) in [6, 6.07) is 12.2. The molecule has 9 nitrogen and oxygen atoms in total. The molecule has 0 aromatic heterocycles. The van der Waals surface area contributed by atoms with E-state index >= 15 is 0 Å². The van der Waals surface area contributed by atoms with E-state index < -0.39 is 23.9 Å². The number of carbonyl (C=O) groups is 3. The third kappa shape index (κ3) is 6.69. The van der Waals surface area contributed by atoms with Crippen molar-refractivity contribution in [2.24, 2.45) is 5.73 Å². The predicted octanol–water partition coefficient (Wildman–Crippen LogP) is 2.04. The Hall–Kier alpha value is -3.75. The highest BCUT2D eigenvalue weighted by Crippen LogP contribution is 2.28. The molecule has 2 rings (SSSR count). The minimum atomic E-state index is -0.753. The van der Waals surface area contributed by atoms with Crippen LogP contribution in [0.5, 0.6) is 11.5 Å². The molecule has 0 aliphatic rings. The molecule has 1 atom stereocenters. The van der Waals surface area contributed by atoms with E-state index in [4.69, 9.17) is 15.2 Å². The maximum Gasteiger partial charge on any atom is 0.312 e. The number of methoxy groups -OCH3 is 1. The highest BCUT2D eigenvalue weighted by molar-refractivity contribution is 5.96. The van der Waals surface area contributed by atoms with E-state index in [1.54, 1.807) is 36.4 Å². The number of amides is 4. The second-order valence-electron chi connectivity index (χ2n) is 6.71. The third-order valence-corrected chi connectivity index (χ3v) is 4.01. The Labute approximate surface area is 174 Å². The molecule has 5 N–H and O–H groups in total. The number of benzene rings is 2. The van der Waals surface area contributed by atoms with Crippen LogP contribution < -0.4 is 31.4 Å². The van der Waals surface area contributed by atoms with Crippen LogP contribution in [0, 0.1) is 0 Å². The van der Waals surface area contributed by atoms with Crippen LogP contribution in [0.25, 0.3) is 0 Å². The number of nitrogens with one attached hydrogen (secondary N) is 3. The number of ether oxygens (including phenoxy) is 2. The molecule has 2 aromatic carbocycles. The molecule has 0 saturated carbocycles. The van der Waals surface area contributed by atoms with Gasteiger partial charge in [0.05, 0.1) is 25.7 Å². The van der Waals surface area contributed by atoms with Crippen LogP contribution in [0.2, 0.25) is 0 Å². The van der Waals surface area contributed by atoms with Crippen LogP contribution in [-0.2, 0) is 4.79 Å². The topological polar surface area (TPSA) is 132 Å². The normalized spacial score (nSPS) is 11.3. The van der Waals surface area contributed by atoms with Gasteiger partial charge in [0.25, 0.3) is 5.91 Å². The number of hydrazine groups is 1. The minimum Gasteiger partial charge on any atom is -0.493 e. The molecule has 1 unspecified atom stereocenters. The lowest BCUT2D eigenvalue weighted by atomic mass is 10.0. The van der Waals surface area contributed by atoms with Gasteiger partial charge in [-0.15, -0.1) is 0 Å². The summed E-state index contributed by atoms with van der Waals surface area (Å²) < 4.78 is 10.9. The molecule has 0 aliphatic carbocycles. The second kappa shape index (κ2) is 10.7. The van der Waals surface area contributed by atoms with Crippen molar-refractivity contribution < 1.29 is 23.9 Å². The van der Waals surface area contributed by atoms with Gasteiger partial charge in [0.2, 0.25) is 5.91 Å². The number of hydrogen-bond donors (Lipinski definition) is 4. The van der Waals surface area contributed by atoms with Gasteiger partial charge < -0.3 is 20.5 Å². The Bertz CT molecular complexity index is 886. The zero-order chi connectivity index (χ0) is 22.1. The van der Waals surface area contributed by atoms with Gasteiger partial charge in [0.1, 0.15) is 0 Å². The Kier molecular flexibility index (Phi) is 8.04. The zero-order valence-electron chi connectivity index (χ0n) is 17.1. The second-order valence-corrected chi connectivity index (χ2v) is 6.71. The highest BCUT2D eigenvalue weighted by atomic mass is 16.5. The molecule has 0 fully saturated rings. The van der Waals surface area contributed by atoms with E-state index in [0.29, 0.717) is 17.1 Å². The van der Waals surface area contributed by atoms with Gasteiger partial charge in [-0.3, -0.25) is 20.4 Å². The van der Waals surface area contributed by atoms with Gasteiger partial charge >= 0.3 is 6.03 Å². The lowest BCUT2D eigenvalue weighted by Gasteiger charge is -2.18. The molecule has 0 radical (unpaired) electrons. The summed E-state index contributed by atoms with van der Waals surface area (Å²) in [4.78, 5) is 35.9.